The van der Waals surface area contributed by atoms with Crippen molar-refractivity contribution in [1.29, 1.82) is 0 Å². The smallest absolute Gasteiger partial charge is 0.323 e. The zero-order valence-corrected chi connectivity index (χ0v) is 14.8. The lowest BCUT2D eigenvalue weighted by Gasteiger charge is -2.24. The molecule has 1 saturated heterocycles. The Labute approximate surface area is 160 Å². The Balaban J connectivity index is 1.76. The molecule has 0 radical (unpaired) electrons. The minimum Gasteiger partial charge on any atom is -0.480 e. The second-order valence-corrected chi connectivity index (χ2v) is 6.52. The molecule has 1 aliphatic rings. The van der Waals surface area contributed by atoms with E-state index in [9.17, 15) is 23.2 Å². The number of benzene rings is 2. The number of carbonyl (C=O) groups excluding carboxylic acids is 2. The normalized spacial score (nSPS) is 16.3. The van der Waals surface area contributed by atoms with Crippen LogP contribution in [-0.2, 0) is 20.9 Å². The largest absolute Gasteiger partial charge is 0.480 e. The van der Waals surface area contributed by atoms with E-state index in [0.29, 0.717) is 11.3 Å². The number of hydrogen-bond acceptors (Lipinski definition) is 3. The summed E-state index contributed by atoms with van der Waals surface area (Å²) >= 11 is 0. The third-order valence-corrected chi connectivity index (χ3v) is 4.57. The molecule has 1 aliphatic heterocycles. The maximum Gasteiger partial charge on any atom is 0.323 e. The van der Waals surface area contributed by atoms with Crippen molar-refractivity contribution in [2.45, 2.75) is 13.0 Å². The topological polar surface area (TPSA) is 77.9 Å². The summed E-state index contributed by atoms with van der Waals surface area (Å²) in [5, 5.41) is 9.13. The lowest BCUT2D eigenvalue weighted by atomic mass is 10.1. The summed E-state index contributed by atoms with van der Waals surface area (Å²) in [6, 6.07) is 10.7. The fraction of sp³-hybridized carbons (Fsp3) is 0.250. The van der Waals surface area contributed by atoms with Crippen LogP contribution in [0, 0.1) is 17.6 Å². The van der Waals surface area contributed by atoms with Crippen molar-refractivity contribution in [2.24, 2.45) is 5.92 Å². The van der Waals surface area contributed by atoms with E-state index in [-0.39, 0.29) is 19.5 Å². The van der Waals surface area contributed by atoms with Gasteiger partial charge in [0, 0.05) is 18.8 Å². The van der Waals surface area contributed by atoms with Crippen molar-refractivity contribution in [3.63, 3.8) is 0 Å². The Bertz CT molecular complexity index is 884. The first-order valence-corrected chi connectivity index (χ1v) is 8.67. The molecule has 2 aromatic rings. The highest BCUT2D eigenvalue weighted by atomic mass is 19.1. The van der Waals surface area contributed by atoms with Crippen LogP contribution in [-0.4, -0.2) is 40.9 Å². The van der Waals surface area contributed by atoms with Gasteiger partial charge in [-0.15, -0.1) is 0 Å². The monoisotopic (exact) mass is 388 g/mol. The highest BCUT2D eigenvalue weighted by Gasteiger charge is 2.40. The van der Waals surface area contributed by atoms with Gasteiger partial charge in [0.25, 0.3) is 0 Å². The van der Waals surface area contributed by atoms with Gasteiger partial charge in [0.15, 0.2) is 0 Å². The molecule has 0 bridgehead atoms. The Morgan fingerprint density at radius 2 is 1.61 bits per heavy atom. The van der Waals surface area contributed by atoms with E-state index in [1.165, 1.54) is 53.4 Å². The van der Waals surface area contributed by atoms with Gasteiger partial charge in [0.1, 0.15) is 24.1 Å². The van der Waals surface area contributed by atoms with E-state index in [1.807, 2.05) is 0 Å². The average molecular weight is 388 g/mol. The molecule has 1 atom stereocenters. The van der Waals surface area contributed by atoms with E-state index in [1.54, 1.807) is 0 Å². The van der Waals surface area contributed by atoms with Gasteiger partial charge >= 0.3 is 5.97 Å². The zero-order chi connectivity index (χ0) is 20.3. The summed E-state index contributed by atoms with van der Waals surface area (Å²) in [5.74, 6) is -4.15. The van der Waals surface area contributed by atoms with Crippen LogP contribution in [0.4, 0.5) is 14.5 Å². The Morgan fingerprint density at radius 3 is 2.18 bits per heavy atom. The lowest BCUT2D eigenvalue weighted by Crippen LogP contribution is -2.42. The first kappa shape index (κ1) is 19.5. The first-order valence-electron chi connectivity index (χ1n) is 8.67. The number of halogens is 2. The molecule has 1 N–H and O–H groups in total. The van der Waals surface area contributed by atoms with Crippen molar-refractivity contribution in [3.05, 3.63) is 65.7 Å². The second-order valence-electron chi connectivity index (χ2n) is 6.52. The van der Waals surface area contributed by atoms with Crippen LogP contribution in [0.15, 0.2) is 48.5 Å². The molecule has 28 heavy (non-hydrogen) atoms. The molecule has 0 aromatic heterocycles. The second kappa shape index (κ2) is 8.16. The third-order valence-electron chi connectivity index (χ3n) is 4.57. The number of carbonyl (C=O) groups is 3. The van der Waals surface area contributed by atoms with Crippen LogP contribution in [0.25, 0.3) is 0 Å². The minimum absolute atomic E-state index is 0.0499. The molecule has 1 unspecified atom stereocenters. The Morgan fingerprint density at radius 1 is 1.04 bits per heavy atom. The molecule has 146 valence electrons. The molecule has 2 amide bonds. The Hall–Kier alpha value is -3.29. The van der Waals surface area contributed by atoms with Crippen molar-refractivity contribution in [2.75, 3.05) is 18.0 Å². The Kier molecular flexibility index (Phi) is 5.67. The summed E-state index contributed by atoms with van der Waals surface area (Å²) in [5.41, 5.74) is 1.03. The number of rotatable bonds is 6. The summed E-state index contributed by atoms with van der Waals surface area (Å²) in [6.45, 7) is -0.347. The highest BCUT2D eigenvalue weighted by Crippen LogP contribution is 2.27. The minimum atomic E-state index is -1.21. The zero-order valence-electron chi connectivity index (χ0n) is 14.8. The van der Waals surface area contributed by atoms with Crippen LogP contribution in [0.3, 0.4) is 0 Å². The number of hydrogen-bond donors (Lipinski definition) is 1. The average Bonchev–Trinajstić information content (AvgIpc) is 3.04. The van der Waals surface area contributed by atoms with Gasteiger partial charge in [-0.2, -0.15) is 0 Å². The van der Waals surface area contributed by atoms with E-state index in [4.69, 9.17) is 5.11 Å². The predicted octanol–water partition coefficient (Wildman–Crippen LogP) is 2.43. The van der Waals surface area contributed by atoms with Crippen molar-refractivity contribution in [1.82, 2.24) is 4.90 Å². The fourth-order valence-corrected chi connectivity index (χ4v) is 3.19. The molecular weight excluding hydrogens is 370 g/mol. The van der Waals surface area contributed by atoms with Gasteiger partial charge in [-0.05, 0) is 48.4 Å². The van der Waals surface area contributed by atoms with Gasteiger partial charge in [0.05, 0.1) is 0 Å². The third kappa shape index (κ3) is 4.33. The molecule has 1 heterocycles. The van der Waals surface area contributed by atoms with E-state index in [2.05, 4.69) is 0 Å². The lowest BCUT2D eigenvalue weighted by molar-refractivity contribution is -0.148. The first-order chi connectivity index (χ1) is 13.3. The quantitative estimate of drug-likeness (QED) is 0.771. The molecule has 8 heteroatoms. The molecule has 0 aliphatic carbocycles. The van der Waals surface area contributed by atoms with Crippen LogP contribution in [0.5, 0.6) is 0 Å². The van der Waals surface area contributed by atoms with E-state index in [0.717, 1.165) is 4.90 Å². The number of carboxylic acid groups (broad SMARTS) is 1. The van der Waals surface area contributed by atoms with Crippen LogP contribution in [0.2, 0.25) is 0 Å². The van der Waals surface area contributed by atoms with Crippen LogP contribution < -0.4 is 4.90 Å². The molecule has 0 spiro atoms. The number of carboxylic acids is 1. The van der Waals surface area contributed by atoms with Gasteiger partial charge in [0.2, 0.25) is 11.8 Å². The van der Waals surface area contributed by atoms with Crippen molar-refractivity contribution < 1.29 is 28.3 Å². The molecular formula is C20H18F2N2O4. The predicted molar refractivity (Wildman–Crippen MR) is 96.3 cm³/mol. The van der Waals surface area contributed by atoms with Crippen LogP contribution >= 0.6 is 0 Å². The van der Waals surface area contributed by atoms with Gasteiger partial charge in [-0.3, -0.25) is 14.4 Å². The number of anilines is 1. The SMILES string of the molecule is O=C(O)CN(Cc1ccc(F)cc1)C(=O)C1CCN(c2ccc(F)cc2)C1=O. The summed E-state index contributed by atoms with van der Waals surface area (Å²) in [4.78, 5) is 39.2. The standard InChI is InChI=1S/C20H18F2N2O4/c21-14-3-1-13(2-4-14)11-23(12-18(25)26)19(27)17-9-10-24(20(17)28)16-7-5-15(22)6-8-16/h1-8,17H,9-12H2,(H,25,26). The number of nitrogens with zero attached hydrogens (tertiary/aromatic N) is 2. The maximum absolute atomic E-state index is 13.1. The molecule has 1 fully saturated rings. The van der Waals surface area contributed by atoms with Gasteiger partial charge in [-0.1, -0.05) is 12.1 Å². The maximum atomic E-state index is 13.1. The van der Waals surface area contributed by atoms with Gasteiger partial charge in [-0.25, -0.2) is 8.78 Å². The fourth-order valence-electron chi connectivity index (χ4n) is 3.19. The summed E-state index contributed by atoms with van der Waals surface area (Å²) in [6.07, 6.45) is 0.231. The molecule has 2 aromatic carbocycles. The molecule has 6 nitrogen and oxygen atoms in total. The van der Waals surface area contributed by atoms with Crippen LogP contribution in [0.1, 0.15) is 12.0 Å². The molecule has 3 rings (SSSR count). The highest BCUT2D eigenvalue weighted by molar-refractivity contribution is 6.09. The molecule has 0 saturated carbocycles. The van der Waals surface area contributed by atoms with E-state index < -0.39 is 41.9 Å². The summed E-state index contributed by atoms with van der Waals surface area (Å²) < 4.78 is 26.2. The number of amides is 2. The summed E-state index contributed by atoms with van der Waals surface area (Å²) in [7, 11) is 0. The van der Waals surface area contributed by atoms with Crippen molar-refractivity contribution >= 4 is 23.5 Å². The van der Waals surface area contributed by atoms with Crippen molar-refractivity contribution in [3.8, 4) is 0 Å². The van der Waals surface area contributed by atoms with E-state index >= 15 is 0 Å². The number of aliphatic carboxylic acids is 1. The van der Waals surface area contributed by atoms with Gasteiger partial charge < -0.3 is 14.9 Å².